The number of imidazole rings is 1. The number of ether oxygens (including phenoxy) is 1. The average molecular weight is 653 g/mol. The van der Waals surface area contributed by atoms with Crippen molar-refractivity contribution in [2.45, 2.75) is 63.8 Å². The molecule has 1 aliphatic heterocycles. The molecule has 2 saturated carbocycles. The van der Waals surface area contributed by atoms with Crippen LogP contribution in [0.4, 0.5) is 13.2 Å². The molecule has 2 aliphatic carbocycles. The highest BCUT2D eigenvalue weighted by molar-refractivity contribution is 6.00. The van der Waals surface area contributed by atoms with Gasteiger partial charge in [-0.3, -0.25) is 14.6 Å². The Balaban J connectivity index is 1.26. The molecule has 1 aromatic carbocycles. The number of carbonyl (C=O) groups excluding carboxylic acids is 2. The summed E-state index contributed by atoms with van der Waals surface area (Å²) in [7, 11) is 5.33. The summed E-state index contributed by atoms with van der Waals surface area (Å²) >= 11 is 0. The molecule has 0 spiro atoms. The van der Waals surface area contributed by atoms with E-state index in [1.165, 1.54) is 0 Å². The van der Waals surface area contributed by atoms with E-state index >= 15 is 0 Å². The van der Waals surface area contributed by atoms with Gasteiger partial charge in [-0.15, -0.1) is 0 Å². The standard InChI is InChI=1S/C33H39F3N8O3/c1-18(38-31(46)32(10-11-32)33(34,35)36)23-8-7-20-14-25(43(28(20)39-23)16-19-5-6-19)29-40-24-13-21(15-26(47-4)27(24)42(29)3)30(45)44-17-22(37)9-12-41(44)2/h7-8,13-15,18-19,22H,5-6,9-12,16-17,37H2,1-4H3,(H,38,46)/t18-,22-/m1/s1. The van der Waals surface area contributed by atoms with Crippen LogP contribution >= 0.6 is 0 Å². The van der Waals surface area contributed by atoms with Crippen LogP contribution in [0.15, 0.2) is 30.3 Å². The smallest absolute Gasteiger partial charge is 0.403 e. The van der Waals surface area contributed by atoms with Crippen LogP contribution in [0.2, 0.25) is 0 Å². The van der Waals surface area contributed by atoms with Gasteiger partial charge in [-0.1, -0.05) is 0 Å². The van der Waals surface area contributed by atoms with Crippen molar-refractivity contribution in [2.75, 3.05) is 27.2 Å². The molecule has 0 unspecified atom stereocenters. The number of carbonyl (C=O) groups is 2. The van der Waals surface area contributed by atoms with E-state index in [0.717, 1.165) is 35.9 Å². The molecule has 4 aromatic rings. The third-order valence-corrected chi connectivity index (χ3v) is 9.93. The highest BCUT2D eigenvalue weighted by Gasteiger charge is 2.68. The van der Waals surface area contributed by atoms with Crippen molar-refractivity contribution in [1.29, 1.82) is 0 Å². The lowest BCUT2D eigenvalue weighted by Crippen LogP contribution is -2.55. The molecule has 4 heterocycles. The number of rotatable bonds is 8. The topological polar surface area (TPSA) is 124 Å². The van der Waals surface area contributed by atoms with Crippen LogP contribution in [0.3, 0.4) is 0 Å². The van der Waals surface area contributed by atoms with Gasteiger partial charge in [0.25, 0.3) is 5.91 Å². The molecule has 11 nitrogen and oxygen atoms in total. The zero-order valence-electron chi connectivity index (χ0n) is 26.9. The van der Waals surface area contributed by atoms with Crippen molar-refractivity contribution >= 4 is 33.9 Å². The summed E-state index contributed by atoms with van der Waals surface area (Å²) in [5, 5.41) is 6.95. The van der Waals surface area contributed by atoms with Crippen molar-refractivity contribution in [1.82, 2.24) is 34.4 Å². The second kappa shape index (κ2) is 11.2. The first kappa shape index (κ1) is 31.4. The summed E-state index contributed by atoms with van der Waals surface area (Å²) in [6.07, 6.45) is -2.00. The molecule has 0 radical (unpaired) electrons. The number of hydrazine groups is 1. The fourth-order valence-corrected chi connectivity index (χ4v) is 6.62. The van der Waals surface area contributed by atoms with Gasteiger partial charge in [-0.25, -0.2) is 15.0 Å². The maximum Gasteiger partial charge on any atom is 0.403 e. The van der Waals surface area contributed by atoms with Crippen LogP contribution < -0.4 is 15.8 Å². The molecule has 0 bridgehead atoms. The quantitative estimate of drug-likeness (QED) is 0.286. The van der Waals surface area contributed by atoms with Gasteiger partial charge in [-0.2, -0.15) is 13.2 Å². The second-order valence-corrected chi connectivity index (χ2v) is 13.4. The molecule has 3 aliphatic rings. The molecule has 1 saturated heterocycles. The highest BCUT2D eigenvalue weighted by atomic mass is 19.4. The number of methoxy groups -OCH3 is 1. The molecule has 47 heavy (non-hydrogen) atoms. The zero-order valence-corrected chi connectivity index (χ0v) is 26.9. The molecule has 2 atom stereocenters. The third-order valence-electron chi connectivity index (χ3n) is 9.93. The van der Waals surface area contributed by atoms with Crippen molar-refractivity contribution < 1.29 is 27.5 Å². The maximum absolute atomic E-state index is 13.6. The number of fused-ring (bicyclic) bond motifs is 2. The Morgan fingerprint density at radius 2 is 1.87 bits per heavy atom. The SMILES string of the molecule is COc1cc(C(=O)N2C[C@H](N)CCN2C)cc2nc(-c3cc4ccc([C@@H](C)NC(=O)C5(C(F)(F)F)CC5)nc4n3CC3CC3)n(C)c12. The number of amides is 2. The van der Waals surface area contributed by atoms with Crippen LogP contribution in [0.25, 0.3) is 33.6 Å². The van der Waals surface area contributed by atoms with Crippen LogP contribution in [0, 0.1) is 11.3 Å². The van der Waals surface area contributed by atoms with Gasteiger partial charge >= 0.3 is 6.18 Å². The molecule has 2 amide bonds. The van der Waals surface area contributed by atoms with E-state index in [-0.39, 0.29) is 24.8 Å². The number of hydrogen-bond donors (Lipinski definition) is 2. The Bertz CT molecular complexity index is 1890. The lowest BCUT2D eigenvalue weighted by molar-refractivity contribution is -0.192. The summed E-state index contributed by atoms with van der Waals surface area (Å²) in [4.78, 5) is 36.2. The summed E-state index contributed by atoms with van der Waals surface area (Å²) in [6, 6.07) is 8.32. The first-order valence-electron chi connectivity index (χ1n) is 16.0. The van der Waals surface area contributed by atoms with Gasteiger partial charge in [0, 0.05) is 44.2 Å². The van der Waals surface area contributed by atoms with E-state index in [4.69, 9.17) is 20.4 Å². The van der Waals surface area contributed by atoms with Crippen LogP contribution in [-0.2, 0) is 18.4 Å². The number of nitrogens with one attached hydrogen (secondary N) is 1. The third kappa shape index (κ3) is 5.40. The summed E-state index contributed by atoms with van der Waals surface area (Å²) < 4.78 is 50.5. The Hall–Kier alpha value is -4.17. The van der Waals surface area contributed by atoms with Gasteiger partial charge in [0.05, 0.1) is 36.6 Å². The normalized spacial score (nSPS) is 20.5. The predicted octanol–water partition coefficient (Wildman–Crippen LogP) is 4.55. The summed E-state index contributed by atoms with van der Waals surface area (Å²) in [5.41, 5.74) is 7.61. The number of pyridine rings is 1. The van der Waals surface area contributed by atoms with E-state index in [1.54, 1.807) is 37.2 Å². The van der Waals surface area contributed by atoms with Crippen LogP contribution in [0.5, 0.6) is 5.75 Å². The summed E-state index contributed by atoms with van der Waals surface area (Å²) in [5.74, 6) is 0.448. The number of hydrogen-bond acceptors (Lipinski definition) is 7. The van der Waals surface area contributed by atoms with Crippen molar-refractivity contribution in [3.63, 3.8) is 0 Å². The molecule has 3 N–H and O–H groups in total. The number of aromatic nitrogens is 4. The minimum atomic E-state index is -4.58. The number of nitrogens with zero attached hydrogens (tertiary/aromatic N) is 6. The fourth-order valence-electron chi connectivity index (χ4n) is 6.62. The molecular weight excluding hydrogens is 613 g/mol. The lowest BCUT2D eigenvalue weighted by atomic mass is 10.0. The number of alkyl halides is 3. The van der Waals surface area contributed by atoms with E-state index in [2.05, 4.69) is 9.88 Å². The Kier molecular flexibility index (Phi) is 7.50. The minimum absolute atomic E-state index is 0.0984. The summed E-state index contributed by atoms with van der Waals surface area (Å²) in [6.45, 7) is 3.45. The average Bonchev–Trinajstić information content (AvgIpc) is 3.96. The molecular formula is C33H39F3N8O3. The lowest BCUT2D eigenvalue weighted by Gasteiger charge is -2.38. The Labute approximate surface area is 269 Å². The first-order chi connectivity index (χ1) is 22.3. The van der Waals surface area contributed by atoms with E-state index in [0.29, 0.717) is 59.5 Å². The zero-order chi connectivity index (χ0) is 33.4. The second-order valence-electron chi connectivity index (χ2n) is 13.4. The predicted molar refractivity (Wildman–Crippen MR) is 169 cm³/mol. The largest absolute Gasteiger partial charge is 0.494 e. The molecule has 7 rings (SSSR count). The van der Waals surface area contributed by atoms with E-state index in [9.17, 15) is 22.8 Å². The van der Waals surface area contributed by atoms with E-state index in [1.807, 2.05) is 35.8 Å². The van der Waals surface area contributed by atoms with Crippen LogP contribution in [-0.4, -0.2) is 80.4 Å². The number of halogens is 3. The fraction of sp³-hybridized carbons (Fsp3) is 0.515. The van der Waals surface area contributed by atoms with Gasteiger partial charge in [0.1, 0.15) is 22.3 Å². The molecule has 3 aromatic heterocycles. The Morgan fingerprint density at radius 3 is 2.53 bits per heavy atom. The number of benzene rings is 1. The maximum atomic E-state index is 13.6. The van der Waals surface area contributed by atoms with Crippen molar-refractivity contribution in [3.05, 3.63) is 41.6 Å². The van der Waals surface area contributed by atoms with Crippen molar-refractivity contribution in [3.8, 4) is 17.3 Å². The monoisotopic (exact) mass is 652 g/mol. The minimum Gasteiger partial charge on any atom is -0.494 e. The molecule has 3 fully saturated rings. The van der Waals surface area contributed by atoms with E-state index < -0.39 is 23.5 Å². The number of nitrogens with two attached hydrogens (primary N) is 1. The molecule has 250 valence electrons. The van der Waals surface area contributed by atoms with Gasteiger partial charge in [-0.05, 0) is 75.3 Å². The van der Waals surface area contributed by atoms with Gasteiger partial charge in [0.2, 0.25) is 5.91 Å². The number of aryl methyl sites for hydroxylation is 1. The molecule has 14 heteroatoms. The highest BCUT2D eigenvalue weighted by Crippen LogP contribution is 2.58. The van der Waals surface area contributed by atoms with Crippen molar-refractivity contribution in [2.24, 2.45) is 24.1 Å². The van der Waals surface area contributed by atoms with Gasteiger partial charge in [0.15, 0.2) is 5.82 Å². The first-order valence-corrected chi connectivity index (χ1v) is 16.0. The van der Waals surface area contributed by atoms with Crippen LogP contribution in [0.1, 0.15) is 61.1 Å². The van der Waals surface area contributed by atoms with Gasteiger partial charge < -0.3 is 24.9 Å². The Morgan fingerprint density at radius 1 is 1.13 bits per heavy atom.